The molecule has 0 bridgehead atoms. The average Bonchev–Trinajstić information content (AvgIpc) is 2.50. The van der Waals surface area contributed by atoms with Gasteiger partial charge in [-0.15, -0.1) is 0 Å². The molecule has 2 rings (SSSR count). The summed E-state index contributed by atoms with van der Waals surface area (Å²) in [5.41, 5.74) is 2.02. The lowest BCUT2D eigenvalue weighted by Gasteiger charge is -1.99. The molecule has 0 aliphatic rings. The van der Waals surface area contributed by atoms with E-state index in [1.54, 1.807) is 6.20 Å². The van der Waals surface area contributed by atoms with Gasteiger partial charge in [0.05, 0.1) is 0 Å². The molecule has 2 aromatic rings. The second-order valence-corrected chi connectivity index (χ2v) is 4.43. The van der Waals surface area contributed by atoms with Crippen LogP contribution in [0.5, 0.6) is 0 Å². The first kappa shape index (κ1) is 9.74. The number of rotatable bonds is 1. The van der Waals surface area contributed by atoms with E-state index in [0.717, 1.165) is 21.6 Å². The number of benzene rings is 1. The van der Waals surface area contributed by atoms with Crippen molar-refractivity contribution in [3.05, 3.63) is 39.6 Å². The van der Waals surface area contributed by atoms with Gasteiger partial charge in [-0.3, -0.25) is 0 Å². The van der Waals surface area contributed by atoms with Gasteiger partial charge in [0.15, 0.2) is 0 Å². The largest absolute Gasteiger partial charge is 0.342 e. The number of hydrogen-bond acceptors (Lipinski definition) is 1. The number of nitrogens with one attached hydrogen (secondary N) is 1. The van der Waals surface area contributed by atoms with Crippen LogP contribution in [0.25, 0.3) is 11.4 Å². The fraction of sp³-hybridized carbons (Fsp3) is 0.100. The minimum Gasteiger partial charge on any atom is -0.342 e. The van der Waals surface area contributed by atoms with Gasteiger partial charge in [0, 0.05) is 26.9 Å². The van der Waals surface area contributed by atoms with Crippen molar-refractivity contribution in [1.29, 1.82) is 0 Å². The molecule has 0 fully saturated rings. The SMILES string of the molecule is Cc1cnc(-c2cc(Cl)cc(Br)c2)[nH]1. The van der Waals surface area contributed by atoms with Crippen molar-refractivity contribution in [2.24, 2.45) is 0 Å². The minimum absolute atomic E-state index is 0.698. The molecule has 14 heavy (non-hydrogen) atoms. The van der Waals surface area contributed by atoms with E-state index >= 15 is 0 Å². The Hall–Kier alpha value is -0.800. The van der Waals surface area contributed by atoms with E-state index in [0.29, 0.717) is 5.02 Å². The Labute approximate surface area is 95.5 Å². The van der Waals surface area contributed by atoms with Gasteiger partial charge in [0.1, 0.15) is 5.82 Å². The summed E-state index contributed by atoms with van der Waals surface area (Å²) in [7, 11) is 0. The Morgan fingerprint density at radius 2 is 2.14 bits per heavy atom. The van der Waals surface area contributed by atoms with Crippen molar-refractivity contribution >= 4 is 27.5 Å². The molecular formula is C10H8BrClN2. The molecule has 0 aliphatic heterocycles. The van der Waals surface area contributed by atoms with Gasteiger partial charge in [-0.2, -0.15) is 0 Å². The molecule has 1 aromatic heterocycles. The van der Waals surface area contributed by atoms with Crippen molar-refractivity contribution in [2.45, 2.75) is 6.92 Å². The predicted molar refractivity (Wildman–Crippen MR) is 61.5 cm³/mol. The molecule has 72 valence electrons. The van der Waals surface area contributed by atoms with Crippen LogP contribution in [0, 0.1) is 6.92 Å². The molecule has 0 radical (unpaired) electrons. The molecule has 1 heterocycles. The molecule has 0 atom stereocenters. The van der Waals surface area contributed by atoms with Crippen LogP contribution >= 0.6 is 27.5 Å². The highest BCUT2D eigenvalue weighted by molar-refractivity contribution is 9.10. The zero-order chi connectivity index (χ0) is 10.1. The van der Waals surface area contributed by atoms with Gasteiger partial charge >= 0.3 is 0 Å². The van der Waals surface area contributed by atoms with Crippen LogP contribution in [0.2, 0.25) is 5.02 Å². The van der Waals surface area contributed by atoms with E-state index < -0.39 is 0 Å². The van der Waals surface area contributed by atoms with Crippen LogP contribution in [0.4, 0.5) is 0 Å². The normalized spacial score (nSPS) is 10.5. The first-order chi connectivity index (χ1) is 6.65. The van der Waals surface area contributed by atoms with Crippen molar-refractivity contribution in [2.75, 3.05) is 0 Å². The lowest BCUT2D eigenvalue weighted by molar-refractivity contribution is 1.25. The summed E-state index contributed by atoms with van der Waals surface area (Å²) in [5.74, 6) is 0.839. The fourth-order valence-electron chi connectivity index (χ4n) is 1.25. The average molecular weight is 272 g/mol. The first-order valence-electron chi connectivity index (χ1n) is 4.13. The van der Waals surface area contributed by atoms with Crippen LogP contribution in [0.1, 0.15) is 5.69 Å². The molecule has 0 saturated carbocycles. The Bertz CT molecular complexity index is 445. The molecule has 2 nitrogen and oxygen atoms in total. The highest BCUT2D eigenvalue weighted by Crippen LogP contribution is 2.25. The van der Waals surface area contributed by atoms with E-state index in [9.17, 15) is 0 Å². The number of aryl methyl sites for hydroxylation is 1. The molecular weight excluding hydrogens is 263 g/mol. The van der Waals surface area contributed by atoms with E-state index in [-0.39, 0.29) is 0 Å². The van der Waals surface area contributed by atoms with Crippen molar-refractivity contribution in [1.82, 2.24) is 9.97 Å². The lowest BCUT2D eigenvalue weighted by Crippen LogP contribution is -1.81. The number of aromatic amines is 1. The molecule has 4 heteroatoms. The maximum atomic E-state index is 5.94. The number of nitrogens with zero attached hydrogens (tertiary/aromatic N) is 1. The summed E-state index contributed by atoms with van der Waals surface area (Å²) in [6, 6.07) is 5.70. The van der Waals surface area contributed by atoms with Gasteiger partial charge < -0.3 is 4.98 Å². The molecule has 1 aromatic carbocycles. The summed E-state index contributed by atoms with van der Waals surface area (Å²) < 4.78 is 0.953. The maximum Gasteiger partial charge on any atom is 0.137 e. The number of hydrogen-bond donors (Lipinski definition) is 1. The number of halogens is 2. The first-order valence-corrected chi connectivity index (χ1v) is 5.30. The van der Waals surface area contributed by atoms with Crippen LogP contribution in [0.15, 0.2) is 28.9 Å². The third-order valence-corrected chi connectivity index (χ3v) is 2.51. The quantitative estimate of drug-likeness (QED) is 0.839. The summed E-state index contributed by atoms with van der Waals surface area (Å²) in [4.78, 5) is 7.39. The van der Waals surface area contributed by atoms with Gasteiger partial charge in [-0.1, -0.05) is 27.5 Å². The number of H-pyrrole nitrogens is 1. The van der Waals surface area contributed by atoms with Crippen molar-refractivity contribution < 1.29 is 0 Å². The molecule has 1 N–H and O–H groups in total. The number of imidazole rings is 1. The second kappa shape index (κ2) is 3.75. The Kier molecular flexibility index (Phi) is 2.61. The van der Waals surface area contributed by atoms with E-state index in [4.69, 9.17) is 11.6 Å². The van der Waals surface area contributed by atoms with Crippen LogP contribution < -0.4 is 0 Å². The zero-order valence-electron chi connectivity index (χ0n) is 7.51. The van der Waals surface area contributed by atoms with Gasteiger partial charge in [-0.05, 0) is 25.1 Å². The Balaban J connectivity index is 2.51. The molecule has 0 aliphatic carbocycles. The molecule has 0 amide bonds. The second-order valence-electron chi connectivity index (χ2n) is 3.07. The van der Waals surface area contributed by atoms with Gasteiger partial charge in [-0.25, -0.2) is 4.98 Å². The van der Waals surface area contributed by atoms with Crippen LogP contribution in [0.3, 0.4) is 0 Å². The summed E-state index contributed by atoms with van der Waals surface area (Å²) in [5, 5.41) is 0.698. The topological polar surface area (TPSA) is 28.7 Å². The predicted octanol–water partition coefficient (Wildman–Crippen LogP) is 3.80. The number of aromatic nitrogens is 2. The summed E-state index contributed by atoms with van der Waals surface area (Å²) in [6.45, 7) is 1.97. The Morgan fingerprint density at radius 1 is 1.36 bits per heavy atom. The van der Waals surface area contributed by atoms with Crippen molar-refractivity contribution in [3.8, 4) is 11.4 Å². The zero-order valence-corrected chi connectivity index (χ0v) is 9.85. The molecule has 0 unspecified atom stereocenters. The molecule has 0 spiro atoms. The molecule has 0 saturated heterocycles. The highest BCUT2D eigenvalue weighted by atomic mass is 79.9. The summed E-state index contributed by atoms with van der Waals surface area (Å²) >= 11 is 9.33. The van der Waals surface area contributed by atoms with Crippen LogP contribution in [-0.2, 0) is 0 Å². The third kappa shape index (κ3) is 1.99. The third-order valence-electron chi connectivity index (χ3n) is 1.84. The fourth-order valence-corrected chi connectivity index (χ4v) is 2.11. The lowest BCUT2D eigenvalue weighted by atomic mass is 10.2. The van der Waals surface area contributed by atoms with E-state index in [1.807, 2.05) is 25.1 Å². The van der Waals surface area contributed by atoms with Crippen LogP contribution in [-0.4, -0.2) is 9.97 Å². The highest BCUT2D eigenvalue weighted by Gasteiger charge is 2.03. The smallest absolute Gasteiger partial charge is 0.137 e. The minimum atomic E-state index is 0.698. The van der Waals surface area contributed by atoms with Crippen molar-refractivity contribution in [3.63, 3.8) is 0 Å². The van der Waals surface area contributed by atoms with E-state index in [2.05, 4.69) is 25.9 Å². The monoisotopic (exact) mass is 270 g/mol. The van der Waals surface area contributed by atoms with E-state index in [1.165, 1.54) is 0 Å². The Morgan fingerprint density at radius 3 is 2.71 bits per heavy atom. The van der Waals surface area contributed by atoms with Gasteiger partial charge in [0.25, 0.3) is 0 Å². The summed E-state index contributed by atoms with van der Waals surface area (Å²) in [6.07, 6.45) is 1.80. The maximum absolute atomic E-state index is 5.94. The standard InChI is InChI=1S/C10H8BrClN2/c1-6-5-13-10(14-6)7-2-8(11)4-9(12)3-7/h2-5H,1H3,(H,13,14). The van der Waals surface area contributed by atoms with Gasteiger partial charge in [0.2, 0.25) is 0 Å².